The molecule has 1 aromatic heterocycles. The van der Waals surface area contributed by atoms with E-state index in [-0.39, 0.29) is 10.2 Å². The van der Waals surface area contributed by atoms with Crippen LogP contribution in [-0.2, 0) is 22.7 Å². The minimum atomic E-state index is -0.0405. The zero-order valence-electron chi connectivity index (χ0n) is 11.0. The van der Waals surface area contributed by atoms with E-state index in [9.17, 15) is 9.59 Å². The van der Waals surface area contributed by atoms with Crippen LogP contribution in [0.1, 0.15) is 38.5 Å². The van der Waals surface area contributed by atoms with Crippen molar-refractivity contribution in [2.75, 3.05) is 0 Å². The van der Waals surface area contributed by atoms with E-state index < -0.39 is 0 Å². The first-order valence-electron chi connectivity index (χ1n) is 6.56. The van der Waals surface area contributed by atoms with Crippen LogP contribution < -0.4 is 4.57 Å². The molecule has 0 spiro atoms. The Bertz CT molecular complexity index is 382. The van der Waals surface area contributed by atoms with Gasteiger partial charge in [-0.3, -0.25) is 9.59 Å². The first kappa shape index (κ1) is 16.3. The van der Waals surface area contributed by atoms with Gasteiger partial charge in [0.2, 0.25) is 6.33 Å². The molecule has 19 heavy (non-hydrogen) atoms. The average molecular weight is 301 g/mol. The Hall–Kier alpha value is -0.750. The molecule has 4 nitrogen and oxygen atoms in total. The standard InChI is InChI=1S/C13H20N2O2S2/c16-12(18)5-1-3-7-14-9-10-15(11-14)8-4-2-6-13(17)19/h9-11H,1-8H2,(H-,16,17,18,19)/p+1. The summed E-state index contributed by atoms with van der Waals surface area (Å²) in [6, 6.07) is 0. The van der Waals surface area contributed by atoms with E-state index in [0.717, 1.165) is 38.8 Å². The third-order valence-corrected chi connectivity index (χ3v) is 3.31. The molecule has 6 heteroatoms. The number of rotatable bonds is 10. The van der Waals surface area contributed by atoms with Gasteiger partial charge in [0.1, 0.15) is 12.4 Å². The quantitative estimate of drug-likeness (QED) is 0.394. The van der Waals surface area contributed by atoms with Crippen molar-refractivity contribution in [1.82, 2.24) is 4.57 Å². The van der Waals surface area contributed by atoms with Crippen LogP contribution in [0.2, 0.25) is 0 Å². The number of nitrogens with zero attached hydrogens (tertiary/aromatic N) is 2. The summed E-state index contributed by atoms with van der Waals surface area (Å²) in [6.07, 6.45) is 10.9. The highest BCUT2D eigenvalue weighted by Crippen LogP contribution is 2.02. The Balaban J connectivity index is 2.17. The van der Waals surface area contributed by atoms with Crippen LogP contribution in [0.3, 0.4) is 0 Å². The molecule has 0 saturated heterocycles. The molecule has 0 amide bonds. The van der Waals surface area contributed by atoms with Crippen molar-refractivity contribution in [3.63, 3.8) is 0 Å². The van der Waals surface area contributed by atoms with Crippen molar-refractivity contribution in [2.45, 2.75) is 51.6 Å². The minimum Gasteiger partial charge on any atom is -0.288 e. The number of hydrogen-bond donors (Lipinski definition) is 2. The smallest absolute Gasteiger partial charge is 0.243 e. The van der Waals surface area contributed by atoms with Crippen LogP contribution >= 0.6 is 25.3 Å². The lowest BCUT2D eigenvalue weighted by Gasteiger charge is -1.97. The fourth-order valence-corrected chi connectivity index (χ4v) is 2.16. The maximum atomic E-state index is 10.7. The third kappa shape index (κ3) is 8.10. The summed E-state index contributed by atoms with van der Waals surface area (Å²) in [5.41, 5.74) is 0. The Morgan fingerprint density at radius 1 is 1.00 bits per heavy atom. The minimum absolute atomic E-state index is 0.0405. The predicted octanol–water partition coefficient (Wildman–Crippen LogP) is 2.03. The third-order valence-electron chi connectivity index (χ3n) is 2.86. The second-order valence-electron chi connectivity index (χ2n) is 4.59. The number of imidazole rings is 1. The van der Waals surface area contributed by atoms with Crippen molar-refractivity contribution in [3.8, 4) is 0 Å². The largest absolute Gasteiger partial charge is 0.288 e. The van der Waals surface area contributed by atoms with Gasteiger partial charge in [-0.15, -0.1) is 25.3 Å². The van der Waals surface area contributed by atoms with Gasteiger partial charge in [-0.1, -0.05) is 0 Å². The molecular weight excluding hydrogens is 280 g/mol. The average Bonchev–Trinajstić information content (AvgIpc) is 2.78. The second-order valence-corrected chi connectivity index (χ2v) is 5.59. The van der Waals surface area contributed by atoms with E-state index in [0.29, 0.717) is 12.8 Å². The molecule has 0 aliphatic heterocycles. The molecule has 0 saturated carbocycles. The summed E-state index contributed by atoms with van der Waals surface area (Å²) in [7, 11) is 0. The van der Waals surface area contributed by atoms with Gasteiger partial charge < -0.3 is 0 Å². The second kappa shape index (κ2) is 9.20. The maximum absolute atomic E-state index is 10.7. The Labute approximate surface area is 125 Å². The molecule has 0 N–H and O–H groups in total. The molecule has 106 valence electrons. The Kier molecular flexibility index (Phi) is 7.90. The molecule has 0 bridgehead atoms. The van der Waals surface area contributed by atoms with Crippen LogP contribution in [-0.4, -0.2) is 14.8 Å². The summed E-state index contributed by atoms with van der Waals surface area (Å²) in [4.78, 5) is 21.4. The van der Waals surface area contributed by atoms with Crippen molar-refractivity contribution in [3.05, 3.63) is 18.7 Å². The van der Waals surface area contributed by atoms with E-state index in [4.69, 9.17) is 0 Å². The number of aromatic nitrogens is 2. The molecule has 0 unspecified atom stereocenters. The summed E-state index contributed by atoms with van der Waals surface area (Å²) in [6.45, 7) is 1.84. The van der Waals surface area contributed by atoms with Crippen molar-refractivity contribution in [2.24, 2.45) is 0 Å². The zero-order valence-corrected chi connectivity index (χ0v) is 12.8. The van der Waals surface area contributed by atoms with Gasteiger partial charge in [0.15, 0.2) is 10.2 Å². The highest BCUT2D eigenvalue weighted by molar-refractivity contribution is 7.96. The molecule has 0 atom stereocenters. The number of unbranched alkanes of at least 4 members (excludes halogenated alkanes) is 2. The molecule has 0 fully saturated rings. The zero-order chi connectivity index (χ0) is 14.1. The highest BCUT2D eigenvalue weighted by Gasteiger charge is 2.04. The number of carbonyl (C=O) groups is 2. The van der Waals surface area contributed by atoms with Gasteiger partial charge in [-0.2, -0.15) is 0 Å². The SMILES string of the molecule is O=C(S)CCCCn1cc[n+](CCCCC(=O)S)c1. The van der Waals surface area contributed by atoms with Gasteiger partial charge in [0.05, 0.1) is 13.1 Å². The lowest BCUT2D eigenvalue weighted by atomic mass is 10.2. The van der Waals surface area contributed by atoms with Gasteiger partial charge in [-0.25, -0.2) is 9.13 Å². The predicted molar refractivity (Wildman–Crippen MR) is 80.3 cm³/mol. The van der Waals surface area contributed by atoms with Crippen LogP contribution in [0.4, 0.5) is 0 Å². The summed E-state index contributed by atoms with van der Waals surface area (Å²) in [5.74, 6) is 0. The van der Waals surface area contributed by atoms with Gasteiger partial charge in [-0.05, 0) is 25.7 Å². The molecule has 1 aromatic rings. The fourth-order valence-electron chi connectivity index (χ4n) is 1.84. The number of thiol groups is 2. The van der Waals surface area contributed by atoms with Crippen molar-refractivity contribution >= 4 is 35.5 Å². The number of aryl methyl sites for hydroxylation is 2. The monoisotopic (exact) mass is 301 g/mol. The van der Waals surface area contributed by atoms with Crippen LogP contribution in [0, 0.1) is 0 Å². The topological polar surface area (TPSA) is 43.0 Å². The summed E-state index contributed by atoms with van der Waals surface area (Å²) >= 11 is 7.49. The Morgan fingerprint density at radius 2 is 1.63 bits per heavy atom. The molecule has 0 aliphatic carbocycles. The van der Waals surface area contributed by atoms with E-state index in [1.807, 2.05) is 12.4 Å². The lowest BCUT2D eigenvalue weighted by Crippen LogP contribution is -2.30. The van der Waals surface area contributed by atoms with Crippen LogP contribution in [0.5, 0.6) is 0 Å². The Morgan fingerprint density at radius 3 is 2.26 bits per heavy atom. The molecule has 1 heterocycles. The lowest BCUT2D eigenvalue weighted by molar-refractivity contribution is -0.696. The van der Waals surface area contributed by atoms with Crippen molar-refractivity contribution in [1.29, 1.82) is 0 Å². The summed E-state index contributed by atoms with van der Waals surface area (Å²) < 4.78 is 4.24. The number of carbonyl (C=O) groups excluding carboxylic acids is 2. The molecule has 1 rings (SSSR count). The van der Waals surface area contributed by atoms with Gasteiger partial charge >= 0.3 is 0 Å². The van der Waals surface area contributed by atoms with E-state index in [2.05, 4.69) is 40.7 Å². The van der Waals surface area contributed by atoms with Gasteiger partial charge in [0, 0.05) is 12.8 Å². The first-order chi connectivity index (χ1) is 9.08. The molecule has 0 radical (unpaired) electrons. The fraction of sp³-hybridized carbons (Fsp3) is 0.615. The summed E-state index contributed by atoms with van der Waals surface area (Å²) in [5, 5.41) is -0.0809. The van der Waals surface area contributed by atoms with Gasteiger partial charge in [0.25, 0.3) is 0 Å². The van der Waals surface area contributed by atoms with Crippen LogP contribution in [0.25, 0.3) is 0 Å². The molecular formula is C13H21N2O2S2+. The maximum Gasteiger partial charge on any atom is 0.243 e. The molecule has 0 aromatic carbocycles. The highest BCUT2D eigenvalue weighted by atomic mass is 32.1. The van der Waals surface area contributed by atoms with Crippen LogP contribution in [0.15, 0.2) is 18.7 Å². The normalized spacial score (nSPS) is 10.6. The molecule has 0 aliphatic rings. The van der Waals surface area contributed by atoms with E-state index >= 15 is 0 Å². The first-order valence-corrected chi connectivity index (χ1v) is 7.46. The van der Waals surface area contributed by atoms with Crippen molar-refractivity contribution < 1.29 is 14.2 Å². The van der Waals surface area contributed by atoms with E-state index in [1.165, 1.54) is 0 Å². The number of hydrogen-bond acceptors (Lipinski definition) is 2. The van der Waals surface area contributed by atoms with E-state index in [1.54, 1.807) is 0 Å².